The van der Waals surface area contributed by atoms with Crippen LogP contribution in [0.25, 0.3) is 0 Å². The maximum atomic E-state index is 3.81. The van der Waals surface area contributed by atoms with Crippen molar-refractivity contribution in [3.63, 3.8) is 0 Å². The smallest absolute Gasteiger partial charge is 0.166 e. The molecule has 1 heterocycles. The Balaban J connectivity index is 2.76. The predicted molar refractivity (Wildman–Crippen MR) is 68.5 cm³/mol. The Hall–Kier alpha value is 0.571. The number of hydrogen-bond donors (Lipinski definition) is 1. The zero-order chi connectivity index (χ0) is 10.3. The fraction of sp³-hybridized carbons (Fsp3) is 1.00. The van der Waals surface area contributed by atoms with Gasteiger partial charge in [-0.2, -0.15) is 0 Å². The van der Waals surface area contributed by atoms with Gasteiger partial charge < -0.3 is 9.21 Å². The Morgan fingerprint density at radius 2 is 1.62 bits per heavy atom. The van der Waals surface area contributed by atoms with Gasteiger partial charge in [-0.15, -0.1) is 0 Å². The molecule has 1 atom stereocenters. The first-order valence-electron chi connectivity index (χ1n) is 5.23. The maximum Gasteiger partial charge on any atom is 0.166 e. The van der Waals surface area contributed by atoms with E-state index in [1.165, 1.54) is 13.1 Å². The molecule has 2 nitrogen and oxygen atoms in total. The third-order valence-corrected chi connectivity index (χ3v) is 18.2. The van der Waals surface area contributed by atoms with E-state index in [1.54, 1.807) is 0 Å². The van der Waals surface area contributed by atoms with E-state index in [1.807, 2.05) is 0 Å². The number of rotatable bonds is 2. The van der Waals surface area contributed by atoms with E-state index in [4.69, 9.17) is 0 Å². The zero-order valence-corrected chi connectivity index (χ0v) is 13.1. The molecule has 13 heavy (non-hydrogen) atoms. The molecule has 0 aromatic heterocycles. The summed E-state index contributed by atoms with van der Waals surface area (Å²) in [6, 6.07) is 0. The number of nitrogens with zero attached hydrogens (tertiary/aromatic N) is 1. The average molecular weight is 233 g/mol. The van der Waals surface area contributed by atoms with Crippen LogP contribution < -0.4 is 4.98 Å². The molecule has 0 aliphatic carbocycles. The lowest BCUT2D eigenvalue weighted by molar-refractivity contribution is 0.697. The quantitative estimate of drug-likeness (QED) is 0.724. The van der Waals surface area contributed by atoms with Crippen molar-refractivity contribution in [3.05, 3.63) is 0 Å². The molecule has 1 aliphatic heterocycles. The van der Waals surface area contributed by atoms with Crippen molar-refractivity contribution < 1.29 is 0 Å². The van der Waals surface area contributed by atoms with E-state index >= 15 is 0 Å². The number of hydrogen-bond acceptors (Lipinski definition) is 2. The molecular formula is C8H24N2Si3. The molecule has 1 aliphatic rings. The lowest BCUT2D eigenvalue weighted by atomic mass is 10.7. The highest BCUT2D eigenvalue weighted by Gasteiger charge is 2.42. The summed E-state index contributed by atoms with van der Waals surface area (Å²) in [5.74, 6) is 0. The Kier molecular flexibility index (Phi) is 3.24. The second-order valence-corrected chi connectivity index (χ2v) is 24.9. The van der Waals surface area contributed by atoms with Gasteiger partial charge in [-0.05, 0) is 6.54 Å². The van der Waals surface area contributed by atoms with Crippen LogP contribution in [0.15, 0.2) is 0 Å². The summed E-state index contributed by atoms with van der Waals surface area (Å²) in [6.45, 7) is 17.6. The van der Waals surface area contributed by atoms with Crippen molar-refractivity contribution in [2.24, 2.45) is 0 Å². The van der Waals surface area contributed by atoms with Crippen LogP contribution in [0.2, 0.25) is 39.3 Å². The van der Waals surface area contributed by atoms with Gasteiger partial charge >= 0.3 is 0 Å². The first-order chi connectivity index (χ1) is 5.73. The van der Waals surface area contributed by atoms with Gasteiger partial charge in [0.1, 0.15) is 8.24 Å². The van der Waals surface area contributed by atoms with Crippen molar-refractivity contribution in [2.45, 2.75) is 39.3 Å². The molecule has 1 fully saturated rings. The second kappa shape index (κ2) is 3.62. The second-order valence-electron chi connectivity index (χ2n) is 6.09. The van der Waals surface area contributed by atoms with Crippen LogP contribution in [-0.2, 0) is 0 Å². The molecule has 0 bridgehead atoms. The van der Waals surface area contributed by atoms with Gasteiger partial charge in [0.25, 0.3) is 0 Å². The van der Waals surface area contributed by atoms with E-state index < -0.39 is 24.5 Å². The van der Waals surface area contributed by atoms with Gasteiger partial charge in [0, 0.05) is 6.54 Å². The normalized spacial score (nSPS) is 26.8. The summed E-state index contributed by atoms with van der Waals surface area (Å²) in [5, 5.41) is 0. The standard InChI is InChI=1S/C8H24N2Si3/c1-12(2,3)10-8-7-9-11(10)13(4,5)6/h9,11H,7-8H2,1-6H3. The summed E-state index contributed by atoms with van der Waals surface area (Å²) >= 11 is 0. The van der Waals surface area contributed by atoms with E-state index in [9.17, 15) is 0 Å². The lowest BCUT2D eigenvalue weighted by Crippen LogP contribution is -2.64. The molecule has 5 heteroatoms. The van der Waals surface area contributed by atoms with Gasteiger partial charge in [0.15, 0.2) is 8.64 Å². The van der Waals surface area contributed by atoms with Gasteiger partial charge in [0.05, 0.1) is 7.59 Å². The minimum atomic E-state index is -1.03. The van der Waals surface area contributed by atoms with Crippen molar-refractivity contribution in [1.82, 2.24) is 9.21 Å². The van der Waals surface area contributed by atoms with Crippen LogP contribution in [0.4, 0.5) is 0 Å². The van der Waals surface area contributed by atoms with Gasteiger partial charge in [-0.25, -0.2) is 0 Å². The Labute approximate surface area is 86.4 Å². The molecule has 1 saturated heterocycles. The zero-order valence-electron chi connectivity index (χ0n) is 9.94. The van der Waals surface area contributed by atoms with Gasteiger partial charge in [-0.1, -0.05) is 39.3 Å². The minimum Gasteiger partial charge on any atom is -0.337 e. The first-order valence-corrected chi connectivity index (χ1v) is 15.1. The van der Waals surface area contributed by atoms with Gasteiger partial charge in [0.2, 0.25) is 0 Å². The van der Waals surface area contributed by atoms with E-state index in [0.717, 1.165) is 0 Å². The Morgan fingerprint density at radius 1 is 1.08 bits per heavy atom. The molecule has 0 radical (unpaired) electrons. The average Bonchev–Trinajstić information content (AvgIpc) is 2.27. The highest BCUT2D eigenvalue weighted by atomic mass is 29.2. The van der Waals surface area contributed by atoms with Crippen LogP contribution in [0.5, 0.6) is 0 Å². The third-order valence-electron chi connectivity index (χ3n) is 2.68. The molecule has 1 rings (SSSR count). The highest BCUT2D eigenvalue weighted by molar-refractivity contribution is 7.31. The van der Waals surface area contributed by atoms with Crippen LogP contribution >= 0.6 is 0 Å². The predicted octanol–water partition coefficient (Wildman–Crippen LogP) is 1.36. The molecule has 0 saturated carbocycles. The molecule has 0 spiro atoms. The van der Waals surface area contributed by atoms with Crippen LogP contribution in [0.3, 0.4) is 0 Å². The molecule has 1 N–H and O–H groups in total. The van der Waals surface area contributed by atoms with Crippen molar-refractivity contribution in [3.8, 4) is 0 Å². The summed E-state index contributed by atoms with van der Waals surface area (Å²) in [5.41, 5.74) is 0. The number of nitrogens with one attached hydrogen (secondary N) is 1. The van der Waals surface area contributed by atoms with Crippen LogP contribution in [0.1, 0.15) is 0 Å². The summed E-state index contributed by atoms with van der Waals surface area (Å²) < 4.78 is 2.90. The van der Waals surface area contributed by atoms with Crippen molar-refractivity contribution >= 4 is 24.5 Å². The molecule has 0 aromatic carbocycles. The molecule has 0 amide bonds. The monoisotopic (exact) mass is 232 g/mol. The maximum absolute atomic E-state index is 3.81. The molecule has 78 valence electrons. The largest absolute Gasteiger partial charge is 0.337 e. The Morgan fingerprint density at radius 3 is 1.92 bits per heavy atom. The first kappa shape index (κ1) is 11.6. The van der Waals surface area contributed by atoms with Crippen LogP contribution in [-0.4, -0.2) is 41.8 Å². The van der Waals surface area contributed by atoms with Crippen molar-refractivity contribution in [1.29, 1.82) is 0 Å². The van der Waals surface area contributed by atoms with Gasteiger partial charge in [-0.3, -0.25) is 0 Å². The lowest BCUT2D eigenvalue weighted by Gasteiger charge is -2.39. The summed E-state index contributed by atoms with van der Waals surface area (Å²) in [4.78, 5) is 3.81. The fourth-order valence-corrected chi connectivity index (χ4v) is 21.2. The topological polar surface area (TPSA) is 15.3 Å². The SMILES string of the molecule is C[Si](C)(C)N1CCN[SiH]1[Si](C)(C)C. The molecule has 1 unspecified atom stereocenters. The Bertz CT molecular complexity index is 163. The van der Waals surface area contributed by atoms with E-state index in [2.05, 4.69) is 48.5 Å². The fourth-order valence-electron chi connectivity index (χ4n) is 2.06. The third kappa shape index (κ3) is 2.76. The molecule has 0 aromatic rings. The summed E-state index contributed by atoms with van der Waals surface area (Å²) in [6.07, 6.45) is 0. The van der Waals surface area contributed by atoms with E-state index in [0.29, 0.717) is 0 Å². The molecular weight excluding hydrogens is 208 g/mol. The van der Waals surface area contributed by atoms with Crippen molar-refractivity contribution in [2.75, 3.05) is 13.1 Å². The van der Waals surface area contributed by atoms with E-state index in [-0.39, 0.29) is 0 Å². The van der Waals surface area contributed by atoms with Crippen LogP contribution in [0, 0.1) is 0 Å². The minimum absolute atomic E-state index is 0.725. The highest BCUT2D eigenvalue weighted by Crippen LogP contribution is 2.19. The summed E-state index contributed by atoms with van der Waals surface area (Å²) in [7, 11) is -2.66.